The van der Waals surface area contributed by atoms with Gasteiger partial charge in [0.2, 0.25) is 5.82 Å². The Morgan fingerprint density at radius 3 is 2.43 bits per heavy atom. The van der Waals surface area contributed by atoms with Gasteiger partial charge < -0.3 is 12.4 Å². The molecule has 5 heteroatoms. The number of hydrogen-bond acceptors (Lipinski definition) is 2. The number of benzene rings is 1. The predicted octanol–water partition coefficient (Wildman–Crippen LogP) is -2.42. The molecule has 0 saturated carbocycles. The highest BCUT2D eigenvalue weighted by Crippen LogP contribution is 1.99. The van der Waals surface area contributed by atoms with Gasteiger partial charge in [-0.05, 0) is 12.1 Å². The summed E-state index contributed by atoms with van der Waals surface area (Å²) in [6.45, 7) is 1.87. The number of aryl methyl sites for hydroxylation is 1. The van der Waals surface area contributed by atoms with Gasteiger partial charge in [0.15, 0.2) is 0 Å². The standard InChI is InChI=1S/C9H10N4.ClH/c1-7-11-9(10)13(12-7)8-5-3-2-4-6-8;/h2-6H,1H3,(H2,10,11,12);1H. The molecule has 14 heavy (non-hydrogen) atoms. The highest BCUT2D eigenvalue weighted by Gasteiger charge is 2.11. The van der Waals surface area contributed by atoms with Crippen LogP contribution in [-0.4, -0.2) is 10.1 Å². The molecule has 1 aromatic heterocycles. The summed E-state index contributed by atoms with van der Waals surface area (Å²) in [4.78, 5) is 4.07. The van der Waals surface area contributed by atoms with Crippen molar-refractivity contribution in [3.8, 4) is 5.69 Å². The van der Waals surface area contributed by atoms with Crippen LogP contribution in [0.1, 0.15) is 5.82 Å². The number of halogens is 1. The van der Waals surface area contributed by atoms with Gasteiger partial charge in [0, 0.05) is 6.92 Å². The minimum atomic E-state index is 0. The van der Waals surface area contributed by atoms with Crippen LogP contribution in [0.4, 0.5) is 5.95 Å². The van der Waals surface area contributed by atoms with Crippen molar-refractivity contribution >= 4 is 5.95 Å². The van der Waals surface area contributed by atoms with Gasteiger partial charge in [0.1, 0.15) is 5.69 Å². The van der Waals surface area contributed by atoms with Gasteiger partial charge >= 0.3 is 5.95 Å². The smallest absolute Gasteiger partial charge is 0.414 e. The third-order valence-corrected chi connectivity index (χ3v) is 1.80. The van der Waals surface area contributed by atoms with Crippen LogP contribution in [0, 0.1) is 6.92 Å². The van der Waals surface area contributed by atoms with Gasteiger partial charge in [0.05, 0.1) is 0 Å². The highest BCUT2D eigenvalue weighted by atomic mass is 35.5. The van der Waals surface area contributed by atoms with E-state index in [-0.39, 0.29) is 12.4 Å². The van der Waals surface area contributed by atoms with Crippen molar-refractivity contribution in [2.75, 3.05) is 5.73 Å². The zero-order valence-corrected chi connectivity index (χ0v) is 8.49. The SMILES string of the molecule is Cc1nc(N)[n+](-c2ccccc2)[nH]1.[Cl-]. The predicted molar refractivity (Wildman–Crippen MR) is 49.3 cm³/mol. The fraction of sp³-hybridized carbons (Fsp3) is 0.111. The number of hydrogen-bond donors (Lipinski definition) is 2. The maximum Gasteiger partial charge on any atom is 0.414 e. The Morgan fingerprint density at radius 2 is 1.93 bits per heavy atom. The molecule has 0 aliphatic heterocycles. The van der Waals surface area contributed by atoms with Crippen LogP contribution in [0.3, 0.4) is 0 Å². The summed E-state index contributed by atoms with van der Waals surface area (Å²) in [5.41, 5.74) is 6.68. The zero-order valence-electron chi connectivity index (χ0n) is 7.74. The second-order valence-corrected chi connectivity index (χ2v) is 2.84. The summed E-state index contributed by atoms with van der Waals surface area (Å²) < 4.78 is 1.75. The fourth-order valence-corrected chi connectivity index (χ4v) is 1.24. The summed E-state index contributed by atoms with van der Waals surface area (Å²) in [6, 6.07) is 9.81. The Balaban J connectivity index is 0.000000980. The first-order valence-corrected chi connectivity index (χ1v) is 4.07. The molecule has 0 aliphatic rings. The maximum atomic E-state index is 5.69. The molecule has 1 aromatic carbocycles. The maximum absolute atomic E-state index is 5.69. The van der Waals surface area contributed by atoms with E-state index in [1.807, 2.05) is 37.3 Å². The van der Waals surface area contributed by atoms with Crippen LogP contribution in [0.15, 0.2) is 30.3 Å². The van der Waals surface area contributed by atoms with Crippen molar-refractivity contribution in [1.82, 2.24) is 10.1 Å². The van der Waals surface area contributed by atoms with E-state index in [2.05, 4.69) is 10.1 Å². The number of aromatic amines is 1. The third-order valence-electron chi connectivity index (χ3n) is 1.80. The van der Waals surface area contributed by atoms with Crippen LogP contribution in [0.2, 0.25) is 0 Å². The molecule has 0 amide bonds. The summed E-state index contributed by atoms with van der Waals surface area (Å²) in [6.07, 6.45) is 0. The molecule has 0 aliphatic carbocycles. The number of nitrogen functional groups attached to an aromatic ring is 1. The van der Waals surface area contributed by atoms with Crippen molar-refractivity contribution in [3.63, 3.8) is 0 Å². The molecule has 0 radical (unpaired) electrons. The number of para-hydroxylation sites is 1. The lowest BCUT2D eigenvalue weighted by Gasteiger charge is -1.94. The molecule has 0 saturated heterocycles. The van der Waals surface area contributed by atoms with E-state index in [4.69, 9.17) is 5.73 Å². The molecule has 0 atom stereocenters. The van der Waals surface area contributed by atoms with Gasteiger partial charge in [-0.3, -0.25) is 5.73 Å². The van der Waals surface area contributed by atoms with E-state index in [9.17, 15) is 0 Å². The lowest BCUT2D eigenvalue weighted by atomic mass is 10.3. The second kappa shape index (κ2) is 4.11. The first kappa shape index (κ1) is 10.5. The Kier molecular flexibility index (Phi) is 3.09. The Hall–Kier alpha value is -1.55. The number of nitrogens with two attached hydrogens (primary N) is 1. The molecule has 0 bridgehead atoms. The van der Waals surface area contributed by atoms with E-state index >= 15 is 0 Å². The number of rotatable bonds is 1. The van der Waals surface area contributed by atoms with Crippen LogP contribution in [0.25, 0.3) is 5.69 Å². The molecule has 4 nitrogen and oxygen atoms in total. The number of aromatic nitrogens is 3. The molecule has 0 fully saturated rings. The summed E-state index contributed by atoms with van der Waals surface area (Å²) in [7, 11) is 0. The van der Waals surface area contributed by atoms with E-state index in [0.29, 0.717) is 5.95 Å². The number of H-pyrrole nitrogens is 1. The van der Waals surface area contributed by atoms with Gasteiger partial charge in [-0.25, -0.2) is 5.10 Å². The normalized spacial score (nSPS) is 9.50. The van der Waals surface area contributed by atoms with E-state index in [1.165, 1.54) is 0 Å². The average Bonchev–Trinajstić information content (AvgIpc) is 2.47. The van der Waals surface area contributed by atoms with Crippen molar-refractivity contribution in [2.24, 2.45) is 0 Å². The summed E-state index contributed by atoms with van der Waals surface area (Å²) >= 11 is 0. The highest BCUT2D eigenvalue weighted by molar-refractivity contribution is 5.23. The Bertz CT molecular complexity index is 410. The Morgan fingerprint density at radius 1 is 1.29 bits per heavy atom. The molecule has 3 N–H and O–H groups in total. The van der Waals surface area contributed by atoms with E-state index in [0.717, 1.165) is 11.5 Å². The van der Waals surface area contributed by atoms with Gasteiger partial charge in [0.25, 0.3) is 0 Å². The van der Waals surface area contributed by atoms with Crippen LogP contribution in [0.5, 0.6) is 0 Å². The topological polar surface area (TPSA) is 58.6 Å². The summed E-state index contributed by atoms with van der Waals surface area (Å²) in [5.74, 6) is 1.28. The van der Waals surface area contributed by atoms with Gasteiger partial charge in [-0.2, -0.15) is 0 Å². The van der Waals surface area contributed by atoms with Crippen LogP contribution >= 0.6 is 0 Å². The number of nitrogens with one attached hydrogen (secondary N) is 1. The molecule has 1 heterocycles. The minimum Gasteiger partial charge on any atom is -1.00 e. The van der Waals surface area contributed by atoms with E-state index < -0.39 is 0 Å². The average molecular weight is 211 g/mol. The van der Waals surface area contributed by atoms with Gasteiger partial charge in [-0.1, -0.05) is 23.2 Å². The van der Waals surface area contributed by atoms with Crippen molar-refractivity contribution < 1.29 is 17.1 Å². The van der Waals surface area contributed by atoms with E-state index in [1.54, 1.807) is 4.68 Å². The van der Waals surface area contributed by atoms with Gasteiger partial charge in [-0.15, -0.1) is 4.68 Å². The first-order chi connectivity index (χ1) is 6.27. The molecule has 0 unspecified atom stereocenters. The lowest BCUT2D eigenvalue weighted by Crippen LogP contribution is -3.00. The molecule has 2 rings (SSSR count). The van der Waals surface area contributed by atoms with Crippen molar-refractivity contribution in [3.05, 3.63) is 36.2 Å². The monoisotopic (exact) mass is 210 g/mol. The summed E-state index contributed by atoms with van der Waals surface area (Å²) in [5, 5.41) is 3.04. The van der Waals surface area contributed by atoms with Crippen molar-refractivity contribution in [1.29, 1.82) is 0 Å². The molecule has 2 aromatic rings. The molecule has 74 valence electrons. The Labute approximate surface area is 88.2 Å². The quantitative estimate of drug-likeness (QED) is 0.515. The zero-order chi connectivity index (χ0) is 9.26. The lowest BCUT2D eigenvalue weighted by molar-refractivity contribution is -0.642. The second-order valence-electron chi connectivity index (χ2n) is 2.84. The fourth-order valence-electron chi connectivity index (χ4n) is 1.24. The van der Waals surface area contributed by atoms with Crippen LogP contribution in [-0.2, 0) is 0 Å². The minimum absolute atomic E-state index is 0. The number of nitrogens with zero attached hydrogens (tertiary/aromatic N) is 2. The largest absolute Gasteiger partial charge is 1.00 e. The molecule has 0 spiro atoms. The molecular formula is C9H11ClN4. The van der Waals surface area contributed by atoms with Crippen LogP contribution < -0.4 is 22.8 Å². The molecular weight excluding hydrogens is 200 g/mol. The van der Waals surface area contributed by atoms with Crippen molar-refractivity contribution in [2.45, 2.75) is 6.92 Å². The third kappa shape index (κ3) is 1.85. The first-order valence-electron chi connectivity index (χ1n) is 4.07. The number of anilines is 1.